The molecule has 0 radical (unpaired) electrons. The molecule has 0 aliphatic heterocycles. The van der Waals surface area contributed by atoms with Gasteiger partial charge in [0.1, 0.15) is 11.5 Å². The number of rotatable bonds is 4. The van der Waals surface area contributed by atoms with E-state index in [4.69, 9.17) is 9.47 Å². The van der Waals surface area contributed by atoms with Crippen LogP contribution in [-0.2, 0) is 11.8 Å². The van der Waals surface area contributed by atoms with Crippen molar-refractivity contribution in [3.8, 4) is 11.5 Å². The molecule has 3 aliphatic carbocycles. The van der Waals surface area contributed by atoms with E-state index in [1.807, 2.05) is 0 Å². The van der Waals surface area contributed by atoms with Gasteiger partial charge in [-0.2, -0.15) is 0 Å². The van der Waals surface area contributed by atoms with Gasteiger partial charge in [-0.05, 0) is 78.3 Å². The molecule has 3 aliphatic rings. The third-order valence-electron chi connectivity index (χ3n) is 8.07. The molecule has 170 valence electrons. The third kappa shape index (κ3) is 2.63. The second kappa shape index (κ2) is 7.50. The lowest BCUT2D eigenvalue weighted by atomic mass is 9.51. The van der Waals surface area contributed by atoms with Crippen LogP contribution in [0, 0.1) is 20.8 Å². The Balaban J connectivity index is 1.79. The van der Waals surface area contributed by atoms with Crippen LogP contribution in [0.15, 0.2) is 72.8 Å². The van der Waals surface area contributed by atoms with E-state index >= 15 is 0 Å². The summed E-state index contributed by atoms with van der Waals surface area (Å²) in [6.45, 7) is 6.69. The molecule has 0 N–H and O–H groups in total. The molecule has 0 unspecified atom stereocenters. The predicted molar refractivity (Wildman–Crippen MR) is 138 cm³/mol. The summed E-state index contributed by atoms with van der Waals surface area (Å²) in [6, 6.07) is 26.8. The summed E-state index contributed by atoms with van der Waals surface area (Å²) in [7, 11) is 3.57. The zero-order chi connectivity index (χ0) is 23.6. The van der Waals surface area contributed by atoms with Crippen molar-refractivity contribution >= 4 is 0 Å². The number of hydrogen-bond donors (Lipinski definition) is 0. The summed E-state index contributed by atoms with van der Waals surface area (Å²) in [4.78, 5) is 0. The van der Waals surface area contributed by atoms with E-state index in [2.05, 4.69) is 93.6 Å². The highest BCUT2D eigenvalue weighted by atomic mass is 16.5. The molecule has 0 saturated heterocycles. The smallest absolute Gasteiger partial charge is 0.123 e. The van der Waals surface area contributed by atoms with Crippen LogP contribution in [0.3, 0.4) is 0 Å². The molecule has 0 atom stereocenters. The number of ether oxygens (including phenoxy) is 2. The molecule has 2 nitrogen and oxygen atoms in total. The summed E-state index contributed by atoms with van der Waals surface area (Å²) in [6.07, 6.45) is 0.877. The van der Waals surface area contributed by atoms with Crippen LogP contribution in [0.2, 0.25) is 0 Å². The summed E-state index contributed by atoms with van der Waals surface area (Å²) in [5, 5.41) is 0. The molecule has 0 amide bonds. The molecule has 4 aromatic rings. The zero-order valence-electron chi connectivity index (χ0n) is 20.5. The topological polar surface area (TPSA) is 18.5 Å². The predicted octanol–water partition coefficient (Wildman–Crippen LogP) is 7.01. The fourth-order valence-corrected chi connectivity index (χ4v) is 6.86. The summed E-state index contributed by atoms with van der Waals surface area (Å²) in [5.74, 6) is 2.01. The molecule has 7 rings (SSSR count). The van der Waals surface area contributed by atoms with Gasteiger partial charge in [0, 0.05) is 17.0 Å². The molecule has 0 heterocycles. The lowest BCUT2D eigenvalue weighted by molar-refractivity contribution is 0.376. The van der Waals surface area contributed by atoms with Gasteiger partial charge in [0.2, 0.25) is 0 Å². The summed E-state index contributed by atoms with van der Waals surface area (Å²) >= 11 is 0. The van der Waals surface area contributed by atoms with Gasteiger partial charge in [-0.1, -0.05) is 66.2 Å². The Morgan fingerprint density at radius 1 is 0.706 bits per heavy atom. The van der Waals surface area contributed by atoms with Crippen LogP contribution in [-0.4, -0.2) is 14.2 Å². The first-order valence-corrected chi connectivity index (χ1v) is 12.0. The van der Waals surface area contributed by atoms with Gasteiger partial charge in [0.25, 0.3) is 0 Å². The van der Waals surface area contributed by atoms with Crippen LogP contribution < -0.4 is 9.47 Å². The molecule has 0 saturated carbocycles. The second-order valence-corrected chi connectivity index (χ2v) is 9.83. The molecular weight excluding hydrogens is 416 g/mol. The summed E-state index contributed by atoms with van der Waals surface area (Å²) in [5.41, 5.74) is 13.1. The maximum absolute atomic E-state index is 6.08. The van der Waals surface area contributed by atoms with Crippen LogP contribution in [0.25, 0.3) is 0 Å². The molecule has 2 heteroatoms. The molecule has 0 spiro atoms. The molecular formula is C32H30O2. The summed E-state index contributed by atoms with van der Waals surface area (Å²) < 4.78 is 12.1. The highest BCUT2D eigenvalue weighted by Gasteiger charge is 2.54. The molecule has 0 fully saturated rings. The first-order valence-electron chi connectivity index (χ1n) is 12.0. The first kappa shape index (κ1) is 21.0. The van der Waals surface area contributed by atoms with Crippen molar-refractivity contribution in [1.82, 2.24) is 0 Å². The Hall–Kier alpha value is -3.52. The van der Waals surface area contributed by atoms with Gasteiger partial charge in [-0.15, -0.1) is 0 Å². The van der Waals surface area contributed by atoms with Gasteiger partial charge in [-0.25, -0.2) is 0 Å². The van der Waals surface area contributed by atoms with Gasteiger partial charge >= 0.3 is 0 Å². The van der Waals surface area contributed by atoms with Crippen LogP contribution in [0.4, 0.5) is 0 Å². The molecule has 2 bridgehead atoms. The fraction of sp³-hybridized carbons (Fsp3) is 0.250. The van der Waals surface area contributed by atoms with Crippen molar-refractivity contribution in [2.45, 2.75) is 38.5 Å². The average molecular weight is 447 g/mol. The average Bonchev–Trinajstić information content (AvgIpc) is 2.85. The van der Waals surface area contributed by atoms with E-state index in [1.165, 1.54) is 55.6 Å². The first-order chi connectivity index (χ1) is 16.5. The Bertz CT molecular complexity index is 1380. The van der Waals surface area contributed by atoms with Gasteiger partial charge < -0.3 is 9.47 Å². The Morgan fingerprint density at radius 3 is 1.79 bits per heavy atom. The standard InChI is InChI=1S/C32H30O2/c1-19-16-20(2)24(21(3)17-19)18-32-25-12-8-6-10-22(25)29(23-11-7-9-13-26(23)32)30-27(33-4)14-15-28(34-5)31(30)32/h6-17,29H,18H2,1-5H3. The lowest BCUT2D eigenvalue weighted by Crippen LogP contribution is -2.44. The number of methoxy groups -OCH3 is 2. The number of aryl methyl sites for hydroxylation is 3. The van der Waals surface area contributed by atoms with E-state index in [0.717, 1.165) is 17.9 Å². The fourth-order valence-electron chi connectivity index (χ4n) is 6.86. The largest absolute Gasteiger partial charge is 0.496 e. The number of benzene rings is 4. The van der Waals surface area contributed by atoms with Crippen molar-refractivity contribution in [1.29, 1.82) is 0 Å². The van der Waals surface area contributed by atoms with Gasteiger partial charge in [0.05, 0.1) is 19.6 Å². The Morgan fingerprint density at radius 2 is 1.24 bits per heavy atom. The monoisotopic (exact) mass is 446 g/mol. The second-order valence-electron chi connectivity index (χ2n) is 9.83. The molecule has 34 heavy (non-hydrogen) atoms. The number of hydrogen-bond acceptors (Lipinski definition) is 2. The highest BCUT2D eigenvalue weighted by molar-refractivity contribution is 5.77. The van der Waals surface area contributed by atoms with Crippen LogP contribution >= 0.6 is 0 Å². The molecule has 0 aromatic heterocycles. The van der Waals surface area contributed by atoms with E-state index in [0.29, 0.717) is 0 Å². The van der Waals surface area contributed by atoms with E-state index < -0.39 is 0 Å². The normalized spacial score (nSPS) is 19.3. The van der Waals surface area contributed by atoms with E-state index in [9.17, 15) is 0 Å². The zero-order valence-corrected chi connectivity index (χ0v) is 20.5. The quantitative estimate of drug-likeness (QED) is 0.336. The minimum atomic E-state index is -0.359. The van der Waals surface area contributed by atoms with Crippen molar-refractivity contribution in [3.05, 3.63) is 128 Å². The van der Waals surface area contributed by atoms with Crippen LogP contribution in [0.5, 0.6) is 11.5 Å². The van der Waals surface area contributed by atoms with Crippen molar-refractivity contribution in [3.63, 3.8) is 0 Å². The maximum Gasteiger partial charge on any atom is 0.123 e. The minimum Gasteiger partial charge on any atom is -0.496 e. The SMILES string of the molecule is COc1ccc(OC)c2c1C1c3ccccc3C2(Cc2c(C)cc(C)cc2C)c2ccccc21. The third-order valence-corrected chi connectivity index (χ3v) is 8.07. The van der Waals surface area contributed by atoms with E-state index in [-0.39, 0.29) is 11.3 Å². The Labute approximate surface area is 202 Å². The lowest BCUT2D eigenvalue weighted by Gasteiger charge is -2.51. The Kier molecular flexibility index (Phi) is 4.64. The highest BCUT2D eigenvalue weighted by Crippen LogP contribution is 2.64. The maximum atomic E-state index is 6.08. The van der Waals surface area contributed by atoms with Crippen molar-refractivity contribution in [2.75, 3.05) is 14.2 Å². The van der Waals surface area contributed by atoms with Crippen molar-refractivity contribution in [2.24, 2.45) is 0 Å². The van der Waals surface area contributed by atoms with Crippen LogP contribution in [0.1, 0.15) is 61.6 Å². The van der Waals surface area contributed by atoms with E-state index in [1.54, 1.807) is 14.2 Å². The van der Waals surface area contributed by atoms with Crippen molar-refractivity contribution < 1.29 is 9.47 Å². The minimum absolute atomic E-state index is 0.134. The van der Waals surface area contributed by atoms with Gasteiger partial charge in [0.15, 0.2) is 0 Å². The van der Waals surface area contributed by atoms with Gasteiger partial charge in [-0.3, -0.25) is 0 Å². The molecule has 4 aromatic carbocycles.